The number of benzene rings is 2. The molecule has 0 saturated heterocycles. The molecule has 4 heteroatoms. The fourth-order valence-corrected chi connectivity index (χ4v) is 2.21. The van der Waals surface area contributed by atoms with E-state index in [1.165, 1.54) is 18.2 Å². The van der Waals surface area contributed by atoms with Crippen LogP contribution in [-0.2, 0) is 14.3 Å². The molecule has 0 bridgehead atoms. The van der Waals surface area contributed by atoms with Gasteiger partial charge < -0.3 is 9.47 Å². The van der Waals surface area contributed by atoms with Gasteiger partial charge in [-0.15, -0.1) is 0 Å². The van der Waals surface area contributed by atoms with Gasteiger partial charge in [0.2, 0.25) is 0 Å². The van der Waals surface area contributed by atoms with Crippen molar-refractivity contribution in [1.29, 1.82) is 0 Å². The second-order valence-corrected chi connectivity index (χ2v) is 5.51. The van der Waals surface area contributed by atoms with Crippen LogP contribution in [0.3, 0.4) is 0 Å². The van der Waals surface area contributed by atoms with Gasteiger partial charge in [-0.2, -0.15) is 0 Å². The van der Waals surface area contributed by atoms with Gasteiger partial charge in [-0.25, -0.2) is 0 Å². The molecular formula is C19H20O4. The number of rotatable bonds is 4. The van der Waals surface area contributed by atoms with Crippen LogP contribution in [0.5, 0.6) is 5.75 Å². The Labute approximate surface area is 136 Å². The highest BCUT2D eigenvalue weighted by Gasteiger charge is 2.13. The first-order valence-corrected chi connectivity index (χ1v) is 7.36. The Bertz CT molecular complexity index is 747. The van der Waals surface area contributed by atoms with E-state index in [0.717, 1.165) is 16.7 Å². The largest absolute Gasteiger partial charge is 0.469 e. The molecule has 0 heterocycles. The third kappa shape index (κ3) is 4.19. The molecule has 0 amide bonds. The number of carbonyl (C=O) groups is 2. The minimum Gasteiger partial charge on any atom is -0.469 e. The minimum atomic E-state index is -0.626. The second kappa shape index (κ2) is 7.09. The van der Waals surface area contributed by atoms with E-state index in [1.54, 1.807) is 6.07 Å². The van der Waals surface area contributed by atoms with Crippen LogP contribution in [0.15, 0.2) is 36.4 Å². The molecule has 0 unspecified atom stereocenters. The van der Waals surface area contributed by atoms with Gasteiger partial charge in [0.25, 0.3) is 0 Å². The van der Waals surface area contributed by atoms with Crippen molar-refractivity contribution >= 4 is 11.9 Å². The van der Waals surface area contributed by atoms with E-state index in [-0.39, 0.29) is 0 Å². The number of methoxy groups -OCH3 is 1. The average Bonchev–Trinajstić information content (AvgIpc) is 2.51. The third-order valence-electron chi connectivity index (χ3n) is 3.76. The highest BCUT2D eigenvalue weighted by Crippen LogP contribution is 2.27. The summed E-state index contributed by atoms with van der Waals surface area (Å²) >= 11 is 0. The molecule has 0 aromatic heterocycles. The molecule has 0 aliphatic carbocycles. The summed E-state index contributed by atoms with van der Waals surface area (Å²) in [5.41, 5.74) is 5.48. The molecule has 120 valence electrons. The Morgan fingerprint density at radius 3 is 2.00 bits per heavy atom. The van der Waals surface area contributed by atoms with Gasteiger partial charge in [0.05, 0.1) is 7.11 Å². The quantitative estimate of drug-likeness (QED) is 0.490. The summed E-state index contributed by atoms with van der Waals surface area (Å²) < 4.78 is 9.66. The summed E-state index contributed by atoms with van der Waals surface area (Å²) in [5.74, 6) is -0.787. The van der Waals surface area contributed by atoms with E-state index in [9.17, 15) is 9.59 Å². The van der Waals surface area contributed by atoms with Gasteiger partial charge in [0, 0.05) is 0 Å². The Morgan fingerprint density at radius 1 is 0.826 bits per heavy atom. The van der Waals surface area contributed by atoms with Crippen molar-refractivity contribution < 1.29 is 19.1 Å². The summed E-state index contributed by atoms with van der Waals surface area (Å²) in [6.45, 7) is 6.02. The number of esters is 2. The summed E-state index contributed by atoms with van der Waals surface area (Å²) in [4.78, 5) is 22.7. The first-order valence-electron chi connectivity index (χ1n) is 7.36. The molecule has 4 nitrogen and oxygen atoms in total. The second-order valence-electron chi connectivity index (χ2n) is 5.51. The van der Waals surface area contributed by atoms with E-state index in [1.807, 2.05) is 19.1 Å². The molecule has 0 aliphatic rings. The molecule has 0 atom stereocenters. The number of hydrogen-bond acceptors (Lipinski definition) is 4. The lowest BCUT2D eigenvalue weighted by molar-refractivity contribution is -0.148. The lowest BCUT2D eigenvalue weighted by atomic mass is 9.99. The predicted molar refractivity (Wildman–Crippen MR) is 88.4 cm³/mol. The van der Waals surface area contributed by atoms with E-state index in [4.69, 9.17) is 4.74 Å². The summed E-state index contributed by atoms with van der Waals surface area (Å²) in [6.07, 6.45) is -0.394. The van der Waals surface area contributed by atoms with Gasteiger partial charge in [0.1, 0.15) is 12.2 Å². The van der Waals surface area contributed by atoms with Gasteiger partial charge in [-0.1, -0.05) is 24.3 Å². The van der Waals surface area contributed by atoms with Crippen LogP contribution in [-0.4, -0.2) is 19.0 Å². The highest BCUT2D eigenvalue weighted by atomic mass is 16.5. The molecular weight excluding hydrogens is 292 g/mol. The van der Waals surface area contributed by atoms with Gasteiger partial charge in [0.15, 0.2) is 0 Å². The first kappa shape index (κ1) is 16.7. The lowest BCUT2D eigenvalue weighted by Gasteiger charge is -2.10. The molecule has 2 aromatic carbocycles. The van der Waals surface area contributed by atoms with Crippen LogP contribution in [0.1, 0.15) is 23.1 Å². The fraction of sp³-hybridized carbons (Fsp3) is 0.263. The molecule has 0 spiro atoms. The van der Waals surface area contributed by atoms with E-state index in [0.29, 0.717) is 5.75 Å². The monoisotopic (exact) mass is 312 g/mol. The maximum Gasteiger partial charge on any atom is 0.322 e. The van der Waals surface area contributed by atoms with E-state index >= 15 is 0 Å². The van der Waals surface area contributed by atoms with Crippen molar-refractivity contribution in [1.82, 2.24) is 0 Å². The fourth-order valence-electron chi connectivity index (χ4n) is 2.21. The summed E-state index contributed by atoms with van der Waals surface area (Å²) in [6, 6.07) is 11.9. The van der Waals surface area contributed by atoms with Crippen LogP contribution < -0.4 is 4.74 Å². The van der Waals surface area contributed by atoms with E-state index in [2.05, 4.69) is 36.8 Å². The van der Waals surface area contributed by atoms with Crippen LogP contribution in [0, 0.1) is 20.8 Å². The zero-order valence-electron chi connectivity index (χ0n) is 13.8. The zero-order chi connectivity index (χ0) is 17.0. The highest BCUT2D eigenvalue weighted by molar-refractivity contribution is 5.92. The Balaban J connectivity index is 2.19. The molecule has 0 radical (unpaired) electrons. The lowest BCUT2D eigenvalue weighted by Crippen LogP contribution is -2.15. The zero-order valence-corrected chi connectivity index (χ0v) is 13.8. The first-order chi connectivity index (χ1) is 10.9. The Hall–Kier alpha value is -2.62. The van der Waals surface area contributed by atoms with Crippen molar-refractivity contribution in [3.05, 3.63) is 53.1 Å². The van der Waals surface area contributed by atoms with Crippen LogP contribution >= 0.6 is 0 Å². The average molecular weight is 312 g/mol. The van der Waals surface area contributed by atoms with Crippen molar-refractivity contribution in [2.45, 2.75) is 27.2 Å². The van der Waals surface area contributed by atoms with Crippen molar-refractivity contribution in [3.8, 4) is 16.9 Å². The summed E-state index contributed by atoms with van der Waals surface area (Å²) in [7, 11) is 1.24. The maximum atomic E-state index is 11.6. The maximum absolute atomic E-state index is 11.6. The minimum absolute atomic E-state index is 0.394. The van der Waals surface area contributed by atoms with Crippen molar-refractivity contribution in [2.24, 2.45) is 0 Å². The van der Waals surface area contributed by atoms with Gasteiger partial charge >= 0.3 is 11.9 Å². The molecule has 23 heavy (non-hydrogen) atoms. The van der Waals surface area contributed by atoms with Gasteiger partial charge in [-0.3, -0.25) is 9.59 Å². The van der Waals surface area contributed by atoms with Crippen LogP contribution in [0.25, 0.3) is 11.1 Å². The number of carbonyl (C=O) groups excluding carboxylic acids is 2. The van der Waals surface area contributed by atoms with Crippen molar-refractivity contribution in [2.75, 3.05) is 7.11 Å². The number of aryl methyl sites for hydroxylation is 3. The number of ether oxygens (including phenoxy) is 2. The summed E-state index contributed by atoms with van der Waals surface area (Å²) in [5, 5.41) is 0. The molecule has 0 aliphatic heterocycles. The molecule has 0 fully saturated rings. The third-order valence-corrected chi connectivity index (χ3v) is 3.76. The normalized spacial score (nSPS) is 10.3. The van der Waals surface area contributed by atoms with Crippen LogP contribution in [0.2, 0.25) is 0 Å². The Kier molecular flexibility index (Phi) is 5.16. The molecule has 2 rings (SSSR count). The molecule has 0 N–H and O–H groups in total. The van der Waals surface area contributed by atoms with Gasteiger partial charge in [-0.05, 0) is 60.7 Å². The molecule has 2 aromatic rings. The van der Waals surface area contributed by atoms with Crippen molar-refractivity contribution in [3.63, 3.8) is 0 Å². The standard InChI is InChI=1S/C19H20O4/c1-12-5-6-15(9-13(12)2)16-7-8-17(14(3)10-16)23-19(21)11-18(20)22-4/h5-10H,11H2,1-4H3. The van der Waals surface area contributed by atoms with Crippen LogP contribution in [0.4, 0.5) is 0 Å². The smallest absolute Gasteiger partial charge is 0.322 e. The predicted octanol–water partition coefficient (Wildman–Crippen LogP) is 3.75. The topological polar surface area (TPSA) is 52.6 Å². The number of hydrogen-bond donors (Lipinski definition) is 0. The Morgan fingerprint density at radius 2 is 1.43 bits per heavy atom. The molecule has 0 saturated carbocycles. The SMILES string of the molecule is COC(=O)CC(=O)Oc1ccc(-c2ccc(C)c(C)c2)cc1C. The van der Waals surface area contributed by atoms with E-state index < -0.39 is 18.4 Å².